The summed E-state index contributed by atoms with van der Waals surface area (Å²) in [7, 11) is 0. The molecule has 1 aliphatic rings. The summed E-state index contributed by atoms with van der Waals surface area (Å²) in [6.07, 6.45) is 8.35. The zero-order valence-corrected chi connectivity index (χ0v) is 15.6. The molecule has 4 heteroatoms. The predicted octanol–water partition coefficient (Wildman–Crippen LogP) is 5.80. The average Bonchev–Trinajstić information content (AvgIpc) is 2.61. The minimum atomic E-state index is -0.799. The quantitative estimate of drug-likeness (QED) is 0.469. The molecule has 1 fully saturated rings. The van der Waals surface area contributed by atoms with Crippen LogP contribution < -0.4 is 0 Å². The van der Waals surface area contributed by atoms with Gasteiger partial charge in [0.1, 0.15) is 0 Å². The number of hydrogen-bond donors (Lipinski definition) is 1. The molecule has 2 rings (SSSR count). The smallest absolute Gasteiger partial charge is 0.303 e. The molecule has 1 aromatic carbocycles. The van der Waals surface area contributed by atoms with E-state index in [4.69, 9.17) is 16.7 Å². The topological polar surface area (TPSA) is 54.4 Å². The second kappa shape index (κ2) is 9.19. The molecule has 1 atom stereocenters. The lowest BCUT2D eigenvalue weighted by molar-refractivity contribution is -0.137. The second-order valence-electron chi connectivity index (χ2n) is 7.02. The fourth-order valence-electron chi connectivity index (χ4n) is 3.72. The van der Waals surface area contributed by atoms with Crippen molar-refractivity contribution >= 4 is 23.4 Å². The van der Waals surface area contributed by atoms with Crippen LogP contribution in [0, 0.1) is 5.92 Å². The van der Waals surface area contributed by atoms with Crippen LogP contribution in [0.25, 0.3) is 0 Å². The molecule has 3 nitrogen and oxygen atoms in total. The molecule has 1 unspecified atom stereocenters. The Bertz CT molecular complexity index is 645. The van der Waals surface area contributed by atoms with E-state index in [-0.39, 0.29) is 24.0 Å². The molecule has 0 bridgehead atoms. The lowest BCUT2D eigenvalue weighted by Gasteiger charge is -2.23. The number of hydrogen-bond acceptors (Lipinski definition) is 2. The molecule has 0 aliphatic heterocycles. The number of aliphatic carboxylic acids is 1. The molecular formula is C21H27ClO3. The predicted molar refractivity (Wildman–Crippen MR) is 102 cm³/mol. The van der Waals surface area contributed by atoms with E-state index in [2.05, 4.69) is 6.58 Å². The van der Waals surface area contributed by atoms with Crippen molar-refractivity contribution in [3.05, 3.63) is 46.5 Å². The van der Waals surface area contributed by atoms with Gasteiger partial charge in [0.05, 0.1) is 5.02 Å². The minimum absolute atomic E-state index is 0.0717. The number of allylic oxidation sites excluding steroid dienone is 1. The Kier molecular flexibility index (Phi) is 7.24. The Morgan fingerprint density at radius 3 is 2.60 bits per heavy atom. The highest BCUT2D eigenvalue weighted by atomic mass is 35.5. The minimum Gasteiger partial charge on any atom is -0.481 e. The van der Waals surface area contributed by atoms with E-state index in [1.807, 2.05) is 19.1 Å². The highest BCUT2D eigenvalue weighted by molar-refractivity contribution is 6.35. The third kappa shape index (κ3) is 4.94. The van der Waals surface area contributed by atoms with Gasteiger partial charge in [-0.1, -0.05) is 49.9 Å². The first-order valence-electron chi connectivity index (χ1n) is 9.13. The van der Waals surface area contributed by atoms with E-state index in [1.165, 1.54) is 6.42 Å². The SMILES string of the molecule is C=CCc1c(C(C)CCC(=O)O)ccc(C(=O)C2CCCCC2)c1Cl. The Hall–Kier alpha value is -1.61. The number of carbonyl (C=O) groups excluding carboxylic acids is 1. The van der Waals surface area contributed by atoms with Crippen molar-refractivity contribution in [2.45, 2.75) is 64.2 Å². The van der Waals surface area contributed by atoms with Crippen LogP contribution in [-0.4, -0.2) is 16.9 Å². The fourth-order valence-corrected chi connectivity index (χ4v) is 4.06. The Morgan fingerprint density at radius 1 is 1.32 bits per heavy atom. The lowest BCUT2D eigenvalue weighted by atomic mass is 9.82. The molecule has 0 saturated heterocycles. The maximum absolute atomic E-state index is 12.9. The number of ketones is 1. The van der Waals surface area contributed by atoms with Gasteiger partial charge >= 0.3 is 5.97 Å². The lowest BCUT2D eigenvalue weighted by Crippen LogP contribution is -2.19. The third-order valence-corrected chi connectivity index (χ3v) is 5.62. The largest absolute Gasteiger partial charge is 0.481 e. The maximum Gasteiger partial charge on any atom is 0.303 e. The van der Waals surface area contributed by atoms with Crippen LogP contribution in [0.15, 0.2) is 24.8 Å². The molecule has 0 aromatic heterocycles. The molecule has 136 valence electrons. The van der Waals surface area contributed by atoms with Gasteiger partial charge in [-0.05, 0) is 48.8 Å². The summed E-state index contributed by atoms with van der Waals surface area (Å²) in [4.78, 5) is 23.7. The van der Waals surface area contributed by atoms with Crippen LogP contribution >= 0.6 is 11.6 Å². The van der Waals surface area contributed by atoms with Crippen LogP contribution in [-0.2, 0) is 11.2 Å². The number of rotatable bonds is 8. The van der Waals surface area contributed by atoms with Gasteiger partial charge in [0.25, 0.3) is 0 Å². The van der Waals surface area contributed by atoms with Gasteiger partial charge in [-0.15, -0.1) is 6.58 Å². The van der Waals surface area contributed by atoms with Crippen molar-refractivity contribution < 1.29 is 14.7 Å². The zero-order valence-electron chi connectivity index (χ0n) is 14.9. The Balaban J connectivity index is 2.31. The van der Waals surface area contributed by atoms with E-state index in [1.54, 1.807) is 6.08 Å². The molecule has 25 heavy (non-hydrogen) atoms. The van der Waals surface area contributed by atoms with E-state index in [0.717, 1.165) is 36.8 Å². The van der Waals surface area contributed by atoms with Crippen molar-refractivity contribution in [3.63, 3.8) is 0 Å². The van der Waals surface area contributed by atoms with Gasteiger partial charge in [0.15, 0.2) is 5.78 Å². The van der Waals surface area contributed by atoms with E-state index >= 15 is 0 Å². The maximum atomic E-state index is 12.9. The van der Waals surface area contributed by atoms with Crippen LogP contribution in [0.1, 0.15) is 79.3 Å². The van der Waals surface area contributed by atoms with E-state index in [0.29, 0.717) is 23.4 Å². The van der Waals surface area contributed by atoms with Crippen molar-refractivity contribution in [2.75, 3.05) is 0 Å². The molecular weight excluding hydrogens is 336 g/mol. The molecule has 1 aliphatic carbocycles. The van der Waals surface area contributed by atoms with Gasteiger partial charge in [0, 0.05) is 17.9 Å². The van der Waals surface area contributed by atoms with Gasteiger partial charge in [-0.2, -0.15) is 0 Å². The first-order chi connectivity index (χ1) is 12.0. The molecule has 1 saturated carbocycles. The van der Waals surface area contributed by atoms with Gasteiger partial charge < -0.3 is 5.11 Å². The standard InChI is InChI=1S/C21H27ClO3/c1-3-7-17-16(14(2)10-13-19(23)24)11-12-18(20(17)22)21(25)15-8-5-4-6-9-15/h3,11-12,14-15H,1,4-10,13H2,2H3,(H,23,24). The summed E-state index contributed by atoms with van der Waals surface area (Å²) in [5.74, 6) is -0.493. The number of carbonyl (C=O) groups is 2. The summed E-state index contributed by atoms with van der Waals surface area (Å²) in [6.45, 7) is 5.80. The molecule has 0 spiro atoms. The first-order valence-corrected chi connectivity index (χ1v) is 9.51. The van der Waals surface area contributed by atoms with Crippen molar-refractivity contribution in [2.24, 2.45) is 5.92 Å². The number of carboxylic acids is 1. The van der Waals surface area contributed by atoms with Gasteiger partial charge in [-0.3, -0.25) is 9.59 Å². The monoisotopic (exact) mass is 362 g/mol. The van der Waals surface area contributed by atoms with Crippen molar-refractivity contribution in [1.82, 2.24) is 0 Å². The number of Topliss-reactive ketones (excluding diaryl/α,β-unsaturated/α-hetero) is 1. The fraction of sp³-hybridized carbons (Fsp3) is 0.524. The summed E-state index contributed by atoms with van der Waals surface area (Å²) in [5, 5.41) is 9.43. The van der Waals surface area contributed by atoms with Crippen LogP contribution in [0.5, 0.6) is 0 Å². The van der Waals surface area contributed by atoms with Gasteiger partial charge in [0.2, 0.25) is 0 Å². The molecule has 0 heterocycles. The van der Waals surface area contributed by atoms with Crippen LogP contribution in [0.4, 0.5) is 0 Å². The normalized spacial score (nSPS) is 16.4. The highest BCUT2D eigenvalue weighted by Crippen LogP contribution is 2.35. The molecule has 0 radical (unpaired) electrons. The Morgan fingerprint density at radius 2 is 2.00 bits per heavy atom. The second-order valence-corrected chi connectivity index (χ2v) is 7.40. The Labute approximate surface area is 155 Å². The summed E-state index contributed by atoms with van der Waals surface area (Å²) in [5.41, 5.74) is 2.54. The number of benzene rings is 1. The highest BCUT2D eigenvalue weighted by Gasteiger charge is 2.26. The van der Waals surface area contributed by atoms with Crippen LogP contribution in [0.2, 0.25) is 5.02 Å². The number of carboxylic acid groups (broad SMARTS) is 1. The van der Waals surface area contributed by atoms with Crippen molar-refractivity contribution in [3.8, 4) is 0 Å². The van der Waals surface area contributed by atoms with E-state index < -0.39 is 5.97 Å². The molecule has 1 aromatic rings. The van der Waals surface area contributed by atoms with Crippen LogP contribution in [0.3, 0.4) is 0 Å². The summed E-state index contributed by atoms with van der Waals surface area (Å²) >= 11 is 6.63. The van der Waals surface area contributed by atoms with Gasteiger partial charge in [-0.25, -0.2) is 0 Å². The van der Waals surface area contributed by atoms with E-state index in [9.17, 15) is 9.59 Å². The first kappa shape index (κ1) is 19.7. The average molecular weight is 363 g/mol. The van der Waals surface area contributed by atoms with Crippen molar-refractivity contribution in [1.29, 1.82) is 0 Å². The summed E-state index contributed by atoms with van der Waals surface area (Å²) in [6, 6.07) is 3.78. The zero-order chi connectivity index (χ0) is 18.4. The molecule has 1 N–H and O–H groups in total. The number of halogens is 1. The third-order valence-electron chi connectivity index (χ3n) is 5.19. The summed E-state index contributed by atoms with van der Waals surface area (Å²) < 4.78 is 0. The molecule has 0 amide bonds.